The van der Waals surface area contributed by atoms with Gasteiger partial charge in [0.05, 0.1) is 12.1 Å². The van der Waals surface area contributed by atoms with Crippen molar-refractivity contribution >= 4 is 5.82 Å². The van der Waals surface area contributed by atoms with Crippen LogP contribution >= 0.6 is 0 Å². The first kappa shape index (κ1) is 25.2. The highest BCUT2D eigenvalue weighted by Crippen LogP contribution is 2.32. The van der Waals surface area contributed by atoms with Gasteiger partial charge < -0.3 is 19.1 Å². The molecule has 3 rings (SSSR count). The van der Waals surface area contributed by atoms with Gasteiger partial charge >= 0.3 is 6.18 Å². The molecule has 2 atom stereocenters. The van der Waals surface area contributed by atoms with E-state index in [2.05, 4.69) is 10.1 Å². The van der Waals surface area contributed by atoms with E-state index < -0.39 is 23.7 Å². The Bertz CT molecular complexity index is 908. The van der Waals surface area contributed by atoms with Crippen molar-refractivity contribution in [3.05, 3.63) is 35.7 Å². The van der Waals surface area contributed by atoms with Crippen molar-refractivity contribution in [3.63, 3.8) is 0 Å². The number of piperidine rings is 1. The SMILES string of the molecule is COC(Cn1nc(C(C)(C)F)cc1O[C@@H]1CCN(c2ccc(C(F)(F)F)cn2)C[C@@H]1C)OC. The summed E-state index contributed by atoms with van der Waals surface area (Å²) < 4.78 is 71.2. The standard InChI is InChI=1S/C22H30F4N4O3/c1-14-12-29(18-7-6-15(11-27-18)22(24,25)26)9-8-16(14)33-19-10-17(21(2,3)23)28-30(19)13-20(31-4)32-5/h6-7,10-11,14,16,20H,8-9,12-13H2,1-5H3/t14-,16+/m0/s1. The minimum absolute atomic E-state index is 0.0358. The van der Waals surface area contributed by atoms with Crippen LogP contribution in [0.4, 0.5) is 23.4 Å². The van der Waals surface area contributed by atoms with Crippen LogP contribution in [-0.2, 0) is 27.9 Å². The second-order valence-corrected chi connectivity index (χ2v) is 8.69. The summed E-state index contributed by atoms with van der Waals surface area (Å²) in [5.41, 5.74) is -2.19. The second-order valence-electron chi connectivity index (χ2n) is 8.69. The molecule has 2 aromatic rings. The zero-order valence-corrected chi connectivity index (χ0v) is 19.4. The molecule has 0 unspecified atom stereocenters. The summed E-state index contributed by atoms with van der Waals surface area (Å²) in [6.45, 7) is 6.17. The van der Waals surface area contributed by atoms with Crippen molar-refractivity contribution in [2.45, 2.75) is 58.0 Å². The monoisotopic (exact) mass is 474 g/mol. The third-order valence-electron chi connectivity index (χ3n) is 5.70. The topological polar surface area (TPSA) is 61.6 Å². The van der Waals surface area contributed by atoms with Crippen molar-refractivity contribution in [2.24, 2.45) is 5.92 Å². The fourth-order valence-electron chi connectivity index (χ4n) is 3.71. The van der Waals surface area contributed by atoms with Gasteiger partial charge in [0, 0.05) is 51.9 Å². The summed E-state index contributed by atoms with van der Waals surface area (Å²) in [5.74, 6) is 0.935. The Balaban J connectivity index is 1.71. The van der Waals surface area contributed by atoms with E-state index in [-0.39, 0.29) is 24.3 Å². The summed E-state index contributed by atoms with van der Waals surface area (Å²) in [6.07, 6.45) is -3.72. The number of halogens is 4. The van der Waals surface area contributed by atoms with Gasteiger partial charge in [-0.05, 0) is 26.0 Å². The van der Waals surface area contributed by atoms with Crippen LogP contribution in [0.5, 0.6) is 5.88 Å². The Labute approximate surface area is 190 Å². The lowest BCUT2D eigenvalue weighted by atomic mass is 9.96. The minimum Gasteiger partial charge on any atom is -0.474 e. The second kappa shape index (κ2) is 9.84. The molecule has 0 aromatic carbocycles. The number of nitrogens with zero attached hydrogens (tertiary/aromatic N) is 4. The zero-order chi connectivity index (χ0) is 24.4. The summed E-state index contributed by atoms with van der Waals surface area (Å²) in [7, 11) is 3.01. The number of hydrogen-bond donors (Lipinski definition) is 0. The number of rotatable bonds is 8. The Morgan fingerprint density at radius 1 is 1.15 bits per heavy atom. The first-order valence-electron chi connectivity index (χ1n) is 10.7. The highest BCUT2D eigenvalue weighted by atomic mass is 19.4. The summed E-state index contributed by atoms with van der Waals surface area (Å²) >= 11 is 0. The molecule has 184 valence electrons. The van der Waals surface area contributed by atoms with Crippen molar-refractivity contribution in [3.8, 4) is 5.88 Å². The summed E-state index contributed by atoms with van der Waals surface area (Å²) in [6, 6.07) is 4.01. The number of alkyl halides is 4. The molecule has 0 aliphatic carbocycles. The molecule has 3 heterocycles. The number of methoxy groups -OCH3 is 2. The maximum Gasteiger partial charge on any atom is 0.417 e. The number of pyridine rings is 1. The third kappa shape index (κ3) is 6.14. The van der Waals surface area contributed by atoms with E-state index in [0.717, 1.165) is 12.3 Å². The van der Waals surface area contributed by atoms with Crippen molar-refractivity contribution in [2.75, 3.05) is 32.2 Å². The lowest BCUT2D eigenvalue weighted by Crippen LogP contribution is -2.45. The van der Waals surface area contributed by atoms with Crippen molar-refractivity contribution < 1.29 is 31.8 Å². The average Bonchev–Trinajstić information content (AvgIpc) is 3.15. The molecule has 1 aliphatic heterocycles. The normalized spacial score (nSPS) is 19.9. The molecular weight excluding hydrogens is 444 g/mol. The lowest BCUT2D eigenvalue weighted by Gasteiger charge is -2.37. The molecular formula is C22H30F4N4O3. The molecule has 0 spiro atoms. The summed E-state index contributed by atoms with van der Waals surface area (Å²) in [4.78, 5) is 5.92. The molecule has 2 aromatic heterocycles. The molecule has 1 saturated heterocycles. The lowest BCUT2D eigenvalue weighted by molar-refractivity contribution is -0.137. The van der Waals surface area contributed by atoms with Gasteiger partial charge in [0.2, 0.25) is 5.88 Å². The Morgan fingerprint density at radius 3 is 2.36 bits per heavy atom. The van der Waals surface area contributed by atoms with Crippen molar-refractivity contribution in [1.29, 1.82) is 0 Å². The predicted octanol–water partition coefficient (Wildman–Crippen LogP) is 4.41. The molecule has 0 bridgehead atoms. The average molecular weight is 474 g/mol. The first-order chi connectivity index (χ1) is 15.4. The number of hydrogen-bond acceptors (Lipinski definition) is 6. The molecule has 0 N–H and O–H groups in total. The minimum atomic E-state index is -4.42. The molecule has 11 heteroatoms. The van der Waals surface area contributed by atoms with Gasteiger partial charge in [0.25, 0.3) is 0 Å². The summed E-state index contributed by atoms with van der Waals surface area (Å²) in [5, 5.41) is 4.34. The van der Waals surface area contributed by atoms with E-state index >= 15 is 0 Å². The molecule has 7 nitrogen and oxygen atoms in total. The van der Waals surface area contributed by atoms with E-state index in [1.54, 1.807) is 6.07 Å². The van der Waals surface area contributed by atoms with Gasteiger partial charge in [0.15, 0.2) is 6.29 Å². The first-order valence-corrected chi connectivity index (χ1v) is 10.7. The van der Waals surface area contributed by atoms with Crippen molar-refractivity contribution in [1.82, 2.24) is 14.8 Å². The Hall–Kier alpha value is -2.40. The van der Waals surface area contributed by atoms with E-state index in [1.165, 1.54) is 38.8 Å². The van der Waals surface area contributed by atoms with Gasteiger partial charge in [0.1, 0.15) is 23.3 Å². The Kier molecular flexibility index (Phi) is 7.52. The van der Waals surface area contributed by atoms with Crippen LogP contribution in [0.2, 0.25) is 0 Å². The highest BCUT2D eigenvalue weighted by Gasteiger charge is 2.33. The van der Waals surface area contributed by atoms with Crippen LogP contribution in [0.3, 0.4) is 0 Å². The largest absolute Gasteiger partial charge is 0.474 e. The van der Waals surface area contributed by atoms with E-state index in [0.29, 0.717) is 31.2 Å². The highest BCUT2D eigenvalue weighted by molar-refractivity contribution is 5.40. The molecule has 1 aliphatic rings. The van der Waals surface area contributed by atoms with E-state index in [4.69, 9.17) is 14.2 Å². The maximum absolute atomic E-state index is 14.5. The van der Waals surface area contributed by atoms with Gasteiger partial charge in [-0.3, -0.25) is 0 Å². The number of ether oxygens (including phenoxy) is 3. The smallest absolute Gasteiger partial charge is 0.417 e. The fraction of sp³-hybridized carbons (Fsp3) is 0.636. The van der Waals surface area contributed by atoms with Gasteiger partial charge in [-0.25, -0.2) is 14.1 Å². The number of anilines is 1. The molecule has 0 amide bonds. The molecule has 33 heavy (non-hydrogen) atoms. The van der Waals surface area contributed by atoms with Gasteiger partial charge in [-0.1, -0.05) is 6.92 Å². The van der Waals surface area contributed by atoms with Crippen LogP contribution < -0.4 is 9.64 Å². The van der Waals surface area contributed by atoms with Crippen LogP contribution in [0.1, 0.15) is 38.4 Å². The van der Waals surface area contributed by atoms with E-state index in [9.17, 15) is 17.6 Å². The van der Waals surface area contributed by atoms with E-state index in [1.807, 2.05) is 11.8 Å². The van der Waals surface area contributed by atoms with Crippen LogP contribution in [0, 0.1) is 5.92 Å². The predicted molar refractivity (Wildman–Crippen MR) is 114 cm³/mol. The zero-order valence-electron chi connectivity index (χ0n) is 19.4. The van der Waals surface area contributed by atoms with Crippen LogP contribution in [0.25, 0.3) is 0 Å². The fourth-order valence-corrected chi connectivity index (χ4v) is 3.71. The van der Waals surface area contributed by atoms with Gasteiger partial charge in [-0.2, -0.15) is 18.3 Å². The van der Waals surface area contributed by atoms with Crippen LogP contribution in [-0.4, -0.2) is 54.5 Å². The number of aromatic nitrogens is 3. The molecule has 0 radical (unpaired) electrons. The van der Waals surface area contributed by atoms with Gasteiger partial charge in [-0.15, -0.1) is 0 Å². The third-order valence-corrected chi connectivity index (χ3v) is 5.70. The molecule has 1 fully saturated rings. The van der Waals surface area contributed by atoms with Crippen LogP contribution in [0.15, 0.2) is 24.4 Å². The molecule has 0 saturated carbocycles. The maximum atomic E-state index is 14.5. The Morgan fingerprint density at radius 2 is 1.85 bits per heavy atom. The quantitative estimate of drug-likeness (QED) is 0.417.